The second kappa shape index (κ2) is 6.00. The van der Waals surface area contributed by atoms with Gasteiger partial charge in [0.2, 0.25) is 5.91 Å². The van der Waals surface area contributed by atoms with Crippen LogP contribution in [0.4, 0.5) is 0 Å². The lowest BCUT2D eigenvalue weighted by atomic mass is 9.84. The van der Waals surface area contributed by atoms with Crippen LogP contribution in [-0.4, -0.2) is 41.5 Å². The van der Waals surface area contributed by atoms with Gasteiger partial charge in [0.1, 0.15) is 6.04 Å². The molecule has 2 atom stereocenters. The molecular formula is C12H24N2O3. The molecule has 0 bridgehead atoms. The summed E-state index contributed by atoms with van der Waals surface area (Å²) < 4.78 is 0. The molecule has 17 heavy (non-hydrogen) atoms. The summed E-state index contributed by atoms with van der Waals surface area (Å²) in [5, 5.41) is 8.86. The van der Waals surface area contributed by atoms with Crippen molar-refractivity contribution < 1.29 is 14.7 Å². The topological polar surface area (TPSA) is 83.6 Å². The average Bonchev–Trinajstić information content (AvgIpc) is 2.21. The highest BCUT2D eigenvalue weighted by Gasteiger charge is 2.30. The van der Waals surface area contributed by atoms with E-state index < -0.39 is 12.0 Å². The van der Waals surface area contributed by atoms with Crippen LogP contribution in [0, 0.1) is 11.3 Å². The minimum absolute atomic E-state index is 0.00695. The fraction of sp³-hybridized carbons (Fsp3) is 0.833. The SMILES string of the molecule is CC(C(=O)O)N(C)C(=O)C(CN)CC(C)(C)C. The minimum atomic E-state index is -1.01. The number of nitrogens with two attached hydrogens (primary N) is 1. The fourth-order valence-corrected chi connectivity index (χ4v) is 1.66. The fourth-order valence-electron chi connectivity index (χ4n) is 1.66. The van der Waals surface area contributed by atoms with Crippen molar-refractivity contribution in [2.75, 3.05) is 13.6 Å². The molecule has 0 radical (unpaired) electrons. The lowest BCUT2D eigenvalue weighted by molar-refractivity contribution is -0.150. The quantitative estimate of drug-likeness (QED) is 0.753. The third kappa shape index (κ3) is 5.17. The molecule has 0 aliphatic carbocycles. The molecule has 0 aromatic carbocycles. The van der Waals surface area contributed by atoms with Crippen molar-refractivity contribution >= 4 is 11.9 Å². The first-order valence-electron chi connectivity index (χ1n) is 5.79. The number of hydrogen-bond donors (Lipinski definition) is 2. The zero-order chi connectivity index (χ0) is 13.8. The molecule has 0 aliphatic rings. The molecular weight excluding hydrogens is 220 g/mol. The molecule has 5 heteroatoms. The molecule has 0 aromatic rings. The van der Waals surface area contributed by atoms with Crippen LogP contribution in [0.3, 0.4) is 0 Å². The van der Waals surface area contributed by atoms with Crippen LogP contribution in [0.2, 0.25) is 0 Å². The van der Waals surface area contributed by atoms with E-state index in [-0.39, 0.29) is 23.8 Å². The van der Waals surface area contributed by atoms with Gasteiger partial charge in [0, 0.05) is 13.6 Å². The summed E-state index contributed by atoms with van der Waals surface area (Å²) >= 11 is 0. The van der Waals surface area contributed by atoms with Crippen LogP contribution in [0.1, 0.15) is 34.1 Å². The van der Waals surface area contributed by atoms with Gasteiger partial charge in [-0.25, -0.2) is 4.79 Å². The highest BCUT2D eigenvalue weighted by molar-refractivity contribution is 5.84. The van der Waals surface area contributed by atoms with Gasteiger partial charge in [-0.1, -0.05) is 20.8 Å². The number of rotatable bonds is 5. The number of likely N-dealkylation sites (N-methyl/N-ethyl adjacent to an activating group) is 1. The predicted octanol–water partition coefficient (Wildman–Crippen LogP) is 0.929. The van der Waals surface area contributed by atoms with Crippen LogP contribution in [0.5, 0.6) is 0 Å². The van der Waals surface area contributed by atoms with E-state index in [0.717, 1.165) is 0 Å². The van der Waals surface area contributed by atoms with Crippen molar-refractivity contribution in [2.24, 2.45) is 17.1 Å². The van der Waals surface area contributed by atoms with Gasteiger partial charge in [-0.3, -0.25) is 4.79 Å². The molecule has 0 saturated heterocycles. The summed E-state index contributed by atoms with van der Waals surface area (Å²) in [6.07, 6.45) is 0.652. The molecule has 2 unspecified atom stereocenters. The highest BCUT2D eigenvalue weighted by Crippen LogP contribution is 2.25. The van der Waals surface area contributed by atoms with Gasteiger partial charge >= 0.3 is 5.97 Å². The summed E-state index contributed by atoms with van der Waals surface area (Å²) in [5.74, 6) is -1.52. The van der Waals surface area contributed by atoms with E-state index in [0.29, 0.717) is 6.42 Å². The maximum Gasteiger partial charge on any atom is 0.326 e. The Bertz CT molecular complexity index is 284. The van der Waals surface area contributed by atoms with Crippen LogP contribution in [-0.2, 0) is 9.59 Å². The number of carboxylic acids is 1. The van der Waals surface area contributed by atoms with E-state index in [1.165, 1.54) is 18.9 Å². The summed E-state index contributed by atoms with van der Waals surface area (Å²) in [4.78, 5) is 24.2. The van der Waals surface area contributed by atoms with E-state index in [1.807, 2.05) is 20.8 Å². The van der Waals surface area contributed by atoms with E-state index in [4.69, 9.17) is 10.8 Å². The van der Waals surface area contributed by atoms with Crippen molar-refractivity contribution in [1.29, 1.82) is 0 Å². The third-order valence-corrected chi connectivity index (χ3v) is 2.78. The van der Waals surface area contributed by atoms with Crippen molar-refractivity contribution in [3.05, 3.63) is 0 Å². The zero-order valence-corrected chi connectivity index (χ0v) is 11.4. The zero-order valence-electron chi connectivity index (χ0n) is 11.4. The van der Waals surface area contributed by atoms with Gasteiger partial charge in [0.15, 0.2) is 0 Å². The number of carboxylic acid groups (broad SMARTS) is 1. The van der Waals surface area contributed by atoms with Gasteiger partial charge in [0.25, 0.3) is 0 Å². The van der Waals surface area contributed by atoms with Crippen molar-refractivity contribution in [3.8, 4) is 0 Å². The molecule has 0 spiro atoms. The summed E-state index contributed by atoms with van der Waals surface area (Å²) in [6, 6.07) is -0.823. The Kier molecular flexibility index (Phi) is 5.61. The monoisotopic (exact) mass is 244 g/mol. The van der Waals surface area contributed by atoms with Crippen molar-refractivity contribution in [1.82, 2.24) is 4.90 Å². The Hall–Kier alpha value is -1.10. The highest BCUT2D eigenvalue weighted by atomic mass is 16.4. The second-order valence-corrected chi connectivity index (χ2v) is 5.66. The smallest absolute Gasteiger partial charge is 0.326 e. The van der Waals surface area contributed by atoms with Crippen molar-refractivity contribution in [2.45, 2.75) is 40.2 Å². The van der Waals surface area contributed by atoms with Crippen molar-refractivity contribution in [3.63, 3.8) is 0 Å². The van der Waals surface area contributed by atoms with Crippen LogP contribution < -0.4 is 5.73 Å². The summed E-state index contributed by atoms with van der Waals surface area (Å²) in [6.45, 7) is 7.83. The van der Waals surface area contributed by atoms with Crippen LogP contribution in [0.15, 0.2) is 0 Å². The van der Waals surface area contributed by atoms with Gasteiger partial charge in [-0.15, -0.1) is 0 Å². The van der Waals surface area contributed by atoms with Gasteiger partial charge in [-0.05, 0) is 18.8 Å². The average molecular weight is 244 g/mol. The Labute approximate surface area is 103 Å². The van der Waals surface area contributed by atoms with E-state index in [9.17, 15) is 9.59 Å². The maximum absolute atomic E-state index is 12.1. The number of nitrogens with zero attached hydrogens (tertiary/aromatic N) is 1. The summed E-state index contributed by atoms with van der Waals surface area (Å²) in [5.41, 5.74) is 5.59. The first-order chi connectivity index (χ1) is 7.60. The number of carbonyl (C=O) groups excluding carboxylic acids is 1. The first kappa shape index (κ1) is 15.9. The first-order valence-corrected chi connectivity index (χ1v) is 5.79. The second-order valence-electron chi connectivity index (χ2n) is 5.66. The molecule has 3 N–H and O–H groups in total. The molecule has 1 amide bonds. The van der Waals surface area contributed by atoms with Gasteiger partial charge in [-0.2, -0.15) is 0 Å². The number of carbonyl (C=O) groups is 2. The van der Waals surface area contributed by atoms with E-state index in [1.54, 1.807) is 0 Å². The Morgan fingerprint density at radius 2 is 1.82 bits per heavy atom. The lowest BCUT2D eigenvalue weighted by Crippen LogP contribution is -2.45. The Balaban J connectivity index is 4.70. The van der Waals surface area contributed by atoms with Gasteiger partial charge in [0.05, 0.1) is 5.92 Å². The number of aliphatic carboxylic acids is 1. The van der Waals surface area contributed by atoms with Crippen LogP contribution in [0.25, 0.3) is 0 Å². The predicted molar refractivity (Wildman–Crippen MR) is 66.5 cm³/mol. The number of hydrogen-bond acceptors (Lipinski definition) is 3. The molecule has 100 valence electrons. The number of amides is 1. The molecule has 0 rings (SSSR count). The lowest BCUT2D eigenvalue weighted by Gasteiger charge is -2.29. The molecule has 0 heterocycles. The van der Waals surface area contributed by atoms with Crippen LogP contribution >= 0.6 is 0 Å². The molecule has 0 saturated carbocycles. The van der Waals surface area contributed by atoms with Gasteiger partial charge < -0.3 is 15.7 Å². The third-order valence-electron chi connectivity index (χ3n) is 2.78. The minimum Gasteiger partial charge on any atom is -0.480 e. The largest absolute Gasteiger partial charge is 0.480 e. The summed E-state index contributed by atoms with van der Waals surface area (Å²) in [7, 11) is 1.51. The molecule has 0 fully saturated rings. The standard InChI is InChI=1S/C12H24N2O3/c1-8(11(16)17)14(5)10(15)9(7-13)6-12(2,3)4/h8-9H,6-7,13H2,1-5H3,(H,16,17). The normalized spacial score (nSPS) is 15.2. The van der Waals surface area contributed by atoms with E-state index in [2.05, 4.69) is 0 Å². The van der Waals surface area contributed by atoms with E-state index >= 15 is 0 Å². The Morgan fingerprint density at radius 3 is 2.12 bits per heavy atom. The Morgan fingerprint density at radius 1 is 1.35 bits per heavy atom. The molecule has 5 nitrogen and oxygen atoms in total. The maximum atomic E-state index is 12.1. The molecule has 0 aliphatic heterocycles. The molecule has 0 aromatic heterocycles.